The summed E-state index contributed by atoms with van der Waals surface area (Å²) in [6.45, 7) is 0.720. The van der Waals surface area contributed by atoms with Gasteiger partial charge in [0.1, 0.15) is 5.75 Å². The van der Waals surface area contributed by atoms with Crippen LogP contribution in [0, 0.1) is 5.92 Å². The van der Waals surface area contributed by atoms with Crippen LogP contribution in [0.5, 0.6) is 5.75 Å². The van der Waals surface area contributed by atoms with E-state index in [4.69, 9.17) is 22.1 Å². The van der Waals surface area contributed by atoms with E-state index in [1.54, 1.807) is 12.1 Å². The molecule has 5 nitrogen and oxygen atoms in total. The highest BCUT2D eigenvalue weighted by molar-refractivity contribution is 6.31. The smallest absolute Gasteiger partial charge is 0.260 e. The molecule has 2 fully saturated rings. The number of carbonyl (C=O) groups is 2. The number of ether oxygens (including phenoxy) is 1. The van der Waals surface area contributed by atoms with E-state index in [0.29, 0.717) is 22.7 Å². The lowest BCUT2D eigenvalue weighted by molar-refractivity contribution is -0.139. The van der Waals surface area contributed by atoms with Crippen LogP contribution in [0.4, 0.5) is 0 Å². The highest BCUT2D eigenvalue weighted by Gasteiger charge is 2.35. The summed E-state index contributed by atoms with van der Waals surface area (Å²) in [6.07, 6.45) is 7.04. The third-order valence-corrected chi connectivity index (χ3v) is 5.36. The van der Waals surface area contributed by atoms with Crippen LogP contribution < -0.4 is 10.5 Å². The van der Waals surface area contributed by atoms with Gasteiger partial charge in [0.2, 0.25) is 0 Å². The van der Waals surface area contributed by atoms with Crippen LogP contribution >= 0.6 is 11.6 Å². The minimum absolute atomic E-state index is 0.0167. The van der Waals surface area contributed by atoms with E-state index in [0.717, 1.165) is 19.4 Å². The van der Waals surface area contributed by atoms with Gasteiger partial charge in [0.25, 0.3) is 11.8 Å². The second-order valence-corrected chi connectivity index (χ2v) is 7.07. The van der Waals surface area contributed by atoms with Gasteiger partial charge in [0.05, 0.1) is 5.56 Å². The molecule has 1 aliphatic heterocycles. The fourth-order valence-corrected chi connectivity index (χ4v) is 4.15. The number of piperidine rings is 1. The van der Waals surface area contributed by atoms with E-state index in [9.17, 15) is 9.59 Å². The van der Waals surface area contributed by atoms with Gasteiger partial charge in [-0.25, -0.2) is 0 Å². The molecule has 1 saturated carbocycles. The monoisotopic (exact) mass is 350 g/mol. The molecule has 2 atom stereocenters. The van der Waals surface area contributed by atoms with Gasteiger partial charge in [-0.05, 0) is 49.8 Å². The minimum Gasteiger partial charge on any atom is -0.483 e. The second kappa shape index (κ2) is 7.43. The fourth-order valence-electron chi connectivity index (χ4n) is 3.98. The van der Waals surface area contributed by atoms with Gasteiger partial charge in [0.15, 0.2) is 6.61 Å². The first kappa shape index (κ1) is 17.1. The summed E-state index contributed by atoms with van der Waals surface area (Å²) in [6, 6.07) is 5.01. The molecule has 24 heavy (non-hydrogen) atoms. The molecular weight excluding hydrogens is 328 g/mol. The summed E-state index contributed by atoms with van der Waals surface area (Å²) >= 11 is 5.88. The van der Waals surface area contributed by atoms with Crippen molar-refractivity contribution in [1.82, 2.24) is 4.90 Å². The Morgan fingerprint density at radius 1 is 1.21 bits per heavy atom. The van der Waals surface area contributed by atoms with Crippen LogP contribution in [-0.2, 0) is 4.79 Å². The third-order valence-electron chi connectivity index (χ3n) is 5.12. The molecule has 2 amide bonds. The zero-order valence-electron chi connectivity index (χ0n) is 13.7. The number of primary amides is 1. The quantitative estimate of drug-likeness (QED) is 0.907. The molecule has 1 heterocycles. The first-order valence-corrected chi connectivity index (χ1v) is 8.95. The van der Waals surface area contributed by atoms with E-state index in [-0.39, 0.29) is 18.1 Å². The Morgan fingerprint density at radius 3 is 2.75 bits per heavy atom. The van der Waals surface area contributed by atoms with Crippen LogP contribution in [0.3, 0.4) is 0 Å². The molecule has 0 unspecified atom stereocenters. The average Bonchev–Trinajstić information content (AvgIpc) is 2.59. The van der Waals surface area contributed by atoms with E-state index in [2.05, 4.69) is 0 Å². The zero-order valence-corrected chi connectivity index (χ0v) is 14.4. The molecule has 0 spiro atoms. The number of rotatable bonds is 4. The maximum absolute atomic E-state index is 12.6. The predicted octanol–water partition coefficient (Wildman–Crippen LogP) is 3.00. The van der Waals surface area contributed by atoms with Crippen molar-refractivity contribution in [3.05, 3.63) is 28.8 Å². The number of halogens is 1. The number of likely N-dealkylation sites (tertiary alicyclic amines) is 1. The third kappa shape index (κ3) is 3.66. The normalized spacial score (nSPS) is 23.5. The molecule has 6 heteroatoms. The van der Waals surface area contributed by atoms with Crippen molar-refractivity contribution in [3.8, 4) is 5.75 Å². The summed E-state index contributed by atoms with van der Waals surface area (Å²) < 4.78 is 5.60. The summed E-state index contributed by atoms with van der Waals surface area (Å²) in [5.74, 6) is 0.299. The first-order chi connectivity index (χ1) is 11.6. The Morgan fingerprint density at radius 2 is 1.96 bits per heavy atom. The van der Waals surface area contributed by atoms with E-state index in [1.165, 1.54) is 31.7 Å². The van der Waals surface area contributed by atoms with Crippen molar-refractivity contribution in [2.75, 3.05) is 13.2 Å². The summed E-state index contributed by atoms with van der Waals surface area (Å²) in [5.41, 5.74) is 5.55. The van der Waals surface area contributed by atoms with Gasteiger partial charge in [-0.15, -0.1) is 0 Å². The molecule has 2 aliphatic rings. The summed E-state index contributed by atoms with van der Waals surface area (Å²) in [7, 11) is 0. The van der Waals surface area contributed by atoms with Crippen molar-refractivity contribution in [3.63, 3.8) is 0 Å². The van der Waals surface area contributed by atoms with Gasteiger partial charge >= 0.3 is 0 Å². The number of hydrogen-bond acceptors (Lipinski definition) is 3. The lowest BCUT2D eigenvalue weighted by Crippen LogP contribution is -2.51. The van der Waals surface area contributed by atoms with Crippen molar-refractivity contribution in [2.24, 2.45) is 11.7 Å². The first-order valence-electron chi connectivity index (χ1n) is 8.58. The Bertz CT molecular complexity index is 633. The lowest BCUT2D eigenvalue weighted by atomic mass is 9.78. The lowest BCUT2D eigenvalue weighted by Gasteiger charge is -2.44. The predicted molar refractivity (Wildman–Crippen MR) is 92.2 cm³/mol. The molecule has 130 valence electrons. The number of amides is 2. The molecule has 1 aliphatic carbocycles. The summed E-state index contributed by atoms with van der Waals surface area (Å²) in [4.78, 5) is 26.1. The number of carbonyl (C=O) groups excluding carboxylic acids is 2. The van der Waals surface area contributed by atoms with Crippen molar-refractivity contribution in [1.29, 1.82) is 0 Å². The Kier molecular flexibility index (Phi) is 5.29. The van der Waals surface area contributed by atoms with Crippen LogP contribution in [0.1, 0.15) is 48.9 Å². The molecule has 1 saturated heterocycles. The number of fused-ring (bicyclic) bond motifs is 1. The van der Waals surface area contributed by atoms with Gasteiger partial charge < -0.3 is 15.4 Å². The largest absolute Gasteiger partial charge is 0.483 e. The van der Waals surface area contributed by atoms with Crippen LogP contribution in [0.25, 0.3) is 0 Å². The van der Waals surface area contributed by atoms with Crippen LogP contribution in [0.2, 0.25) is 5.02 Å². The highest BCUT2D eigenvalue weighted by atomic mass is 35.5. The van der Waals surface area contributed by atoms with Crippen molar-refractivity contribution < 1.29 is 14.3 Å². The van der Waals surface area contributed by atoms with Gasteiger partial charge in [-0.3, -0.25) is 9.59 Å². The Labute approximate surface area is 147 Å². The Balaban J connectivity index is 1.66. The maximum Gasteiger partial charge on any atom is 0.260 e. The SMILES string of the molecule is NC(=O)c1cc(Cl)ccc1OCC(=O)N1CCC[C@H]2CCCC[C@@H]21. The minimum atomic E-state index is -0.620. The molecule has 1 aromatic carbocycles. The number of nitrogens with zero attached hydrogens (tertiary/aromatic N) is 1. The number of hydrogen-bond donors (Lipinski definition) is 1. The molecule has 0 bridgehead atoms. The topological polar surface area (TPSA) is 72.6 Å². The van der Waals surface area contributed by atoms with Crippen molar-refractivity contribution in [2.45, 2.75) is 44.6 Å². The molecule has 0 aromatic heterocycles. The zero-order chi connectivity index (χ0) is 17.1. The second-order valence-electron chi connectivity index (χ2n) is 6.63. The molecule has 1 aromatic rings. The summed E-state index contributed by atoms with van der Waals surface area (Å²) in [5, 5.41) is 0.406. The van der Waals surface area contributed by atoms with Crippen LogP contribution in [0.15, 0.2) is 18.2 Å². The molecule has 3 rings (SSSR count). The molecule has 0 radical (unpaired) electrons. The van der Waals surface area contributed by atoms with Gasteiger partial charge in [-0.1, -0.05) is 24.4 Å². The van der Waals surface area contributed by atoms with Gasteiger partial charge in [0, 0.05) is 17.6 Å². The standard InChI is InChI=1S/C18H23ClN2O3/c19-13-7-8-16(14(10-13)18(20)23)24-11-17(22)21-9-3-5-12-4-1-2-6-15(12)21/h7-8,10,12,15H,1-6,9,11H2,(H2,20,23)/t12-,15+/m1/s1. The van der Waals surface area contributed by atoms with E-state index in [1.807, 2.05) is 4.90 Å². The van der Waals surface area contributed by atoms with Gasteiger partial charge in [-0.2, -0.15) is 0 Å². The number of nitrogens with two attached hydrogens (primary N) is 1. The van der Waals surface area contributed by atoms with E-state index < -0.39 is 5.91 Å². The van der Waals surface area contributed by atoms with Crippen LogP contribution in [-0.4, -0.2) is 35.9 Å². The van der Waals surface area contributed by atoms with Crippen molar-refractivity contribution >= 4 is 23.4 Å². The van der Waals surface area contributed by atoms with E-state index >= 15 is 0 Å². The number of benzene rings is 1. The highest BCUT2D eigenvalue weighted by Crippen LogP contribution is 2.35. The Hall–Kier alpha value is -1.75. The molecular formula is C18H23ClN2O3. The molecule has 2 N–H and O–H groups in total. The fraction of sp³-hybridized carbons (Fsp3) is 0.556. The maximum atomic E-state index is 12.6. The average molecular weight is 351 g/mol.